The van der Waals surface area contributed by atoms with Crippen LogP contribution in [0.1, 0.15) is 51.9 Å². The van der Waals surface area contributed by atoms with Gasteiger partial charge in [-0.25, -0.2) is 0 Å². The number of carbonyl (C=O) groups is 3. The number of nitrogens with one attached hydrogen (secondary N) is 2. The van der Waals surface area contributed by atoms with Gasteiger partial charge in [-0.15, -0.1) is 0 Å². The first-order valence-corrected chi connectivity index (χ1v) is 10.2. The van der Waals surface area contributed by atoms with Crippen molar-refractivity contribution in [3.63, 3.8) is 0 Å². The maximum atomic E-state index is 12.1. The van der Waals surface area contributed by atoms with E-state index in [1.54, 1.807) is 0 Å². The van der Waals surface area contributed by atoms with E-state index in [0.717, 1.165) is 58.4 Å². The van der Waals surface area contributed by atoms with Crippen molar-refractivity contribution in [1.29, 1.82) is 0 Å². The van der Waals surface area contributed by atoms with Crippen LogP contribution in [-0.2, 0) is 14.4 Å². The predicted molar refractivity (Wildman–Crippen MR) is 106 cm³/mol. The van der Waals surface area contributed by atoms with Crippen LogP contribution in [0.5, 0.6) is 0 Å². The van der Waals surface area contributed by atoms with Crippen LogP contribution in [-0.4, -0.2) is 79.9 Å². The summed E-state index contributed by atoms with van der Waals surface area (Å²) >= 11 is 0. The number of likely N-dealkylation sites (N-methyl/N-ethyl adjacent to an activating group) is 1. The molecule has 0 bridgehead atoms. The monoisotopic (exact) mass is 383 g/mol. The zero-order valence-corrected chi connectivity index (χ0v) is 17.0. The molecule has 1 aliphatic heterocycles. The Hall–Kier alpha value is -1.67. The maximum Gasteiger partial charge on any atom is 0.240 e. The smallest absolute Gasteiger partial charge is 0.240 e. The zero-order chi connectivity index (χ0) is 20.1. The summed E-state index contributed by atoms with van der Waals surface area (Å²) < 4.78 is 0. The van der Waals surface area contributed by atoms with Gasteiger partial charge in [-0.3, -0.25) is 19.3 Å². The van der Waals surface area contributed by atoms with Gasteiger partial charge in [-0.2, -0.15) is 0 Å². The molecular formula is C19H37N5O3. The van der Waals surface area contributed by atoms with E-state index in [0.29, 0.717) is 13.0 Å². The third-order valence-corrected chi connectivity index (χ3v) is 4.92. The van der Waals surface area contributed by atoms with E-state index in [-0.39, 0.29) is 18.2 Å². The summed E-state index contributed by atoms with van der Waals surface area (Å²) in [6.07, 6.45) is 5.46. The number of piperazine rings is 1. The maximum absolute atomic E-state index is 12.1. The van der Waals surface area contributed by atoms with E-state index in [9.17, 15) is 14.4 Å². The highest BCUT2D eigenvalue weighted by Gasteiger charge is 2.21. The Bertz CT molecular complexity index is 464. The minimum Gasteiger partial charge on any atom is -0.368 e. The van der Waals surface area contributed by atoms with Gasteiger partial charge in [0.2, 0.25) is 17.7 Å². The van der Waals surface area contributed by atoms with E-state index in [2.05, 4.69) is 34.4 Å². The van der Waals surface area contributed by atoms with E-state index in [1.807, 2.05) is 0 Å². The van der Waals surface area contributed by atoms with E-state index < -0.39 is 11.9 Å². The average Bonchev–Trinajstić information content (AvgIpc) is 2.62. The van der Waals surface area contributed by atoms with Gasteiger partial charge in [0, 0.05) is 45.7 Å². The molecule has 1 heterocycles. The fourth-order valence-electron chi connectivity index (χ4n) is 3.06. The lowest BCUT2D eigenvalue weighted by molar-refractivity contribution is -0.130. The molecule has 0 aromatic heterocycles. The van der Waals surface area contributed by atoms with Gasteiger partial charge in [-0.1, -0.05) is 32.6 Å². The van der Waals surface area contributed by atoms with Crippen LogP contribution in [0.3, 0.4) is 0 Å². The number of amides is 3. The molecule has 1 aliphatic rings. The summed E-state index contributed by atoms with van der Waals surface area (Å²) in [5.41, 5.74) is 5.34. The highest BCUT2D eigenvalue weighted by Crippen LogP contribution is 2.05. The highest BCUT2D eigenvalue weighted by atomic mass is 16.2. The molecule has 0 spiro atoms. The zero-order valence-electron chi connectivity index (χ0n) is 17.0. The quantitative estimate of drug-likeness (QED) is 0.390. The van der Waals surface area contributed by atoms with Gasteiger partial charge in [0.05, 0.1) is 6.42 Å². The van der Waals surface area contributed by atoms with Gasteiger partial charge in [0.15, 0.2) is 0 Å². The molecule has 1 atom stereocenters. The summed E-state index contributed by atoms with van der Waals surface area (Å²) in [5.74, 6) is -1.17. The van der Waals surface area contributed by atoms with Crippen molar-refractivity contribution in [1.82, 2.24) is 20.4 Å². The van der Waals surface area contributed by atoms with Crippen molar-refractivity contribution in [2.45, 2.75) is 57.9 Å². The minimum absolute atomic E-state index is 0.111. The molecule has 0 saturated carbocycles. The number of carbonyl (C=O) groups excluding carboxylic acids is 3. The molecule has 1 fully saturated rings. The van der Waals surface area contributed by atoms with Gasteiger partial charge >= 0.3 is 0 Å². The Morgan fingerprint density at radius 2 is 1.67 bits per heavy atom. The second-order valence-electron chi connectivity index (χ2n) is 7.39. The van der Waals surface area contributed by atoms with Gasteiger partial charge in [-0.05, 0) is 13.5 Å². The van der Waals surface area contributed by atoms with Crippen molar-refractivity contribution in [2.75, 3.05) is 46.3 Å². The Morgan fingerprint density at radius 1 is 1.00 bits per heavy atom. The van der Waals surface area contributed by atoms with Crippen molar-refractivity contribution < 1.29 is 14.4 Å². The van der Waals surface area contributed by atoms with Crippen molar-refractivity contribution in [3.8, 4) is 0 Å². The molecule has 0 unspecified atom stereocenters. The van der Waals surface area contributed by atoms with Crippen molar-refractivity contribution in [3.05, 3.63) is 0 Å². The van der Waals surface area contributed by atoms with Crippen LogP contribution in [0, 0.1) is 0 Å². The number of hydrogen-bond acceptors (Lipinski definition) is 5. The van der Waals surface area contributed by atoms with Crippen LogP contribution >= 0.6 is 0 Å². The number of hydrogen-bond donors (Lipinski definition) is 3. The lowest BCUT2D eigenvalue weighted by Crippen LogP contribution is -2.49. The summed E-state index contributed by atoms with van der Waals surface area (Å²) in [6, 6.07) is -0.947. The largest absolute Gasteiger partial charge is 0.368 e. The molecular weight excluding hydrogens is 346 g/mol. The molecule has 0 radical (unpaired) electrons. The number of primary amides is 1. The molecule has 0 aromatic carbocycles. The number of rotatable bonds is 13. The first-order chi connectivity index (χ1) is 12.9. The van der Waals surface area contributed by atoms with E-state index >= 15 is 0 Å². The SMILES string of the molecule is CCCCCCCC(=O)N[C@H](CC(=O)NCCN1CCN(C)CC1)C(N)=O. The van der Waals surface area contributed by atoms with Gasteiger partial charge < -0.3 is 21.3 Å². The summed E-state index contributed by atoms with van der Waals surface area (Å²) in [6.45, 7) is 7.49. The molecule has 3 amide bonds. The van der Waals surface area contributed by atoms with Crippen LogP contribution < -0.4 is 16.4 Å². The van der Waals surface area contributed by atoms with Gasteiger partial charge in [0.1, 0.15) is 6.04 Å². The third-order valence-electron chi connectivity index (χ3n) is 4.92. The summed E-state index contributed by atoms with van der Waals surface area (Å²) in [4.78, 5) is 40.2. The van der Waals surface area contributed by atoms with Gasteiger partial charge in [0.25, 0.3) is 0 Å². The average molecular weight is 384 g/mol. The minimum atomic E-state index is -0.947. The second-order valence-corrected chi connectivity index (χ2v) is 7.39. The number of unbranched alkanes of at least 4 members (excludes halogenated alkanes) is 4. The third kappa shape index (κ3) is 10.9. The fraction of sp³-hybridized carbons (Fsp3) is 0.842. The second kappa shape index (κ2) is 13.5. The molecule has 8 heteroatoms. The molecule has 1 saturated heterocycles. The fourth-order valence-corrected chi connectivity index (χ4v) is 3.06. The highest BCUT2D eigenvalue weighted by molar-refractivity contribution is 5.91. The van der Waals surface area contributed by atoms with Crippen LogP contribution in [0.4, 0.5) is 0 Å². The lowest BCUT2D eigenvalue weighted by Gasteiger charge is -2.32. The predicted octanol–water partition coefficient (Wildman–Crippen LogP) is 0.0707. The topological polar surface area (TPSA) is 108 Å². The van der Waals surface area contributed by atoms with Crippen LogP contribution in [0.15, 0.2) is 0 Å². The molecule has 156 valence electrons. The lowest BCUT2D eigenvalue weighted by atomic mass is 10.1. The molecule has 27 heavy (non-hydrogen) atoms. The summed E-state index contributed by atoms with van der Waals surface area (Å²) in [7, 11) is 2.10. The van der Waals surface area contributed by atoms with Crippen molar-refractivity contribution >= 4 is 17.7 Å². The van der Waals surface area contributed by atoms with E-state index in [1.165, 1.54) is 6.42 Å². The standard InChI is InChI=1S/C19H37N5O3/c1-3-4-5-6-7-8-17(25)22-16(19(20)27)15-18(26)21-9-10-24-13-11-23(2)12-14-24/h16H,3-15H2,1-2H3,(H2,20,27)(H,21,26)(H,22,25)/t16-/m1/s1. The number of nitrogens with zero attached hydrogens (tertiary/aromatic N) is 2. The number of nitrogens with two attached hydrogens (primary N) is 1. The Morgan fingerprint density at radius 3 is 2.30 bits per heavy atom. The van der Waals surface area contributed by atoms with Crippen LogP contribution in [0.2, 0.25) is 0 Å². The van der Waals surface area contributed by atoms with Crippen LogP contribution in [0.25, 0.3) is 0 Å². The molecule has 0 aliphatic carbocycles. The molecule has 0 aromatic rings. The normalized spacial score (nSPS) is 16.7. The first kappa shape index (κ1) is 23.4. The van der Waals surface area contributed by atoms with E-state index in [4.69, 9.17) is 5.73 Å². The Kier molecular flexibility index (Phi) is 11.7. The summed E-state index contributed by atoms with van der Waals surface area (Å²) in [5, 5.41) is 5.41. The first-order valence-electron chi connectivity index (χ1n) is 10.2. The molecule has 4 N–H and O–H groups in total. The Balaban J connectivity index is 2.22. The Labute approximate surface area is 163 Å². The molecule has 1 rings (SSSR count). The molecule has 8 nitrogen and oxygen atoms in total. The van der Waals surface area contributed by atoms with Crippen molar-refractivity contribution in [2.24, 2.45) is 5.73 Å².